The van der Waals surface area contributed by atoms with Crippen molar-refractivity contribution in [2.45, 2.75) is 103 Å². The second-order valence-corrected chi connectivity index (χ2v) is 19.2. The highest BCUT2D eigenvalue weighted by Gasteiger charge is 2.34. The number of ether oxygens (including phenoxy) is 12. The number of azide groups is 8. The van der Waals surface area contributed by atoms with Crippen LogP contribution in [-0.2, 0) is 76.0 Å². The van der Waals surface area contributed by atoms with E-state index in [0.717, 1.165) is 0 Å². The van der Waals surface area contributed by atoms with Gasteiger partial charge >= 0.3 is 23.9 Å². The molecular weight excluding hydrogens is 1190 g/mol. The van der Waals surface area contributed by atoms with Crippen molar-refractivity contribution < 1.29 is 76.0 Å². The lowest BCUT2D eigenvalue weighted by Crippen LogP contribution is -2.43. The lowest BCUT2D eigenvalue weighted by atomic mass is 9.92. The summed E-state index contributed by atoms with van der Waals surface area (Å²) in [6.07, 6.45) is 8.74. The topological polar surface area (TPSA) is 569 Å². The number of hydrogen-bond acceptors (Lipinski definition) is 24. The monoisotopic (exact) mass is 1280 g/mol. The zero-order chi connectivity index (χ0) is 66.2. The van der Waals surface area contributed by atoms with Crippen LogP contribution in [0.2, 0.25) is 0 Å². The molecule has 0 aromatic rings. The number of rotatable bonds is 64. The van der Waals surface area contributed by atoms with Crippen LogP contribution in [0, 0.1) is 10.8 Å². The maximum atomic E-state index is 12.2. The van der Waals surface area contributed by atoms with Gasteiger partial charge in [0.2, 0.25) is 0 Å². The van der Waals surface area contributed by atoms with E-state index in [1.54, 1.807) is 0 Å². The zero-order valence-electron chi connectivity index (χ0n) is 51.4. The van der Waals surface area contributed by atoms with Gasteiger partial charge in [-0.05, 0) is 95.6 Å². The van der Waals surface area contributed by atoms with Gasteiger partial charge in [0.15, 0.2) is 0 Å². The summed E-state index contributed by atoms with van der Waals surface area (Å²) in [5.41, 5.74) is 65.1. The summed E-state index contributed by atoms with van der Waals surface area (Å²) in [4.78, 5) is 70.3. The smallest absolute Gasteiger partial charge is 0.305 e. The predicted molar refractivity (Wildman–Crippen MR) is 321 cm³/mol. The molecule has 504 valence electrons. The minimum Gasteiger partial charge on any atom is -0.463 e. The molecule has 40 heteroatoms. The Hall–Kier alpha value is -7.96. The molecule has 0 fully saturated rings. The van der Waals surface area contributed by atoms with Crippen LogP contribution in [-0.4, -0.2) is 208 Å². The Morgan fingerprint density at radius 2 is 0.411 bits per heavy atom. The second-order valence-electron chi connectivity index (χ2n) is 19.2. The fourth-order valence-electron chi connectivity index (χ4n) is 7.25. The van der Waals surface area contributed by atoms with Crippen molar-refractivity contribution in [2.75, 3.05) is 184 Å². The van der Waals surface area contributed by atoms with Gasteiger partial charge in [-0.25, -0.2) is 0 Å². The standard InChI is InChI=1S/C37H64N12O12.C13H24N12O4/c38-46-42-17-9-1-5-13-33(50)58-25-21-54-29-37(30-55-22-26-59-34(51)14-6-2-10-18-43-47-39,31-56-23-27-60-35(52)15-7-3-11-19-44-48-40)32-57-24-28-61-36(53)16-8-4-12-20-45-49-41;14-22-18-1-5-26-9-13(10-27-6-2-19-23-15,11-28-7-3-20-24-16)12-29-8-4-21-25-17/h1-32H2;1-12H2. The fraction of sp³-hybridized carbons (Fsp3) is 0.920. The SMILES string of the molecule is [N-]=[N+]=NCCCCCC(=O)OCCOCC(COCCOC(=O)CCCCCN=[N+]=[N-])(COCCOC(=O)CCCCCN=[N+]=[N-])COCCOC(=O)CCCCCN=[N+]=[N-].[N-]=[N+]=NCCOCC(COCCN=[N+]=[N-])(COCCN=[N+]=[N-])COCCN=[N+]=[N-]. The number of carbonyl (C=O) groups excluding carboxylic acids is 4. The summed E-state index contributed by atoms with van der Waals surface area (Å²) in [6.45, 7) is 3.79. The van der Waals surface area contributed by atoms with Crippen molar-refractivity contribution >= 4 is 23.9 Å². The molecule has 0 saturated heterocycles. The van der Waals surface area contributed by atoms with E-state index in [-0.39, 0.29) is 208 Å². The summed E-state index contributed by atoms with van der Waals surface area (Å²) in [5.74, 6) is -1.55. The molecule has 0 amide bonds. The Kier molecular flexibility index (Phi) is 62.6. The summed E-state index contributed by atoms with van der Waals surface area (Å²) in [6, 6.07) is 0. The molecule has 0 heterocycles. The molecule has 0 radical (unpaired) electrons. The highest BCUT2D eigenvalue weighted by Crippen LogP contribution is 2.23. The molecule has 0 N–H and O–H groups in total. The van der Waals surface area contributed by atoms with E-state index in [2.05, 4.69) is 80.2 Å². The normalized spacial score (nSPS) is 11.6. The molecule has 0 aliphatic heterocycles. The Morgan fingerprint density at radius 1 is 0.233 bits per heavy atom. The zero-order valence-corrected chi connectivity index (χ0v) is 51.4. The van der Waals surface area contributed by atoms with Gasteiger partial charge in [-0.1, -0.05) is 66.6 Å². The Labute approximate surface area is 521 Å². The Morgan fingerprint density at radius 3 is 0.600 bits per heavy atom. The number of nitrogens with zero attached hydrogens (tertiary/aromatic N) is 24. The van der Waals surface area contributed by atoms with Crippen LogP contribution in [0.3, 0.4) is 0 Å². The van der Waals surface area contributed by atoms with Crippen molar-refractivity contribution in [3.8, 4) is 0 Å². The van der Waals surface area contributed by atoms with Gasteiger partial charge in [-0.2, -0.15) is 0 Å². The van der Waals surface area contributed by atoms with Crippen LogP contribution in [0.4, 0.5) is 0 Å². The lowest BCUT2D eigenvalue weighted by molar-refractivity contribution is -0.151. The molecule has 0 saturated carbocycles. The van der Waals surface area contributed by atoms with Gasteiger partial charge in [0, 0.05) is 117 Å². The molecule has 0 rings (SSSR count). The first-order valence-corrected chi connectivity index (χ1v) is 29.4. The van der Waals surface area contributed by atoms with Crippen LogP contribution in [0.15, 0.2) is 40.9 Å². The van der Waals surface area contributed by atoms with E-state index in [1.807, 2.05) is 0 Å². The largest absolute Gasteiger partial charge is 0.463 e. The van der Waals surface area contributed by atoms with Crippen LogP contribution in [0.1, 0.15) is 103 Å². The van der Waals surface area contributed by atoms with Gasteiger partial charge in [0.1, 0.15) is 26.4 Å². The molecule has 40 nitrogen and oxygen atoms in total. The lowest BCUT2D eigenvalue weighted by Gasteiger charge is -2.33. The van der Waals surface area contributed by atoms with E-state index < -0.39 is 10.8 Å². The number of hydrogen-bond donors (Lipinski definition) is 0. The first kappa shape index (κ1) is 84.1. The molecule has 0 aliphatic carbocycles. The summed E-state index contributed by atoms with van der Waals surface area (Å²) in [7, 11) is 0. The van der Waals surface area contributed by atoms with Crippen molar-refractivity contribution in [3.05, 3.63) is 83.5 Å². The third-order valence-corrected chi connectivity index (χ3v) is 11.6. The second kappa shape index (κ2) is 67.0. The number of esters is 4. The molecule has 0 aliphatic rings. The van der Waals surface area contributed by atoms with Gasteiger partial charge < -0.3 is 56.8 Å². The third kappa shape index (κ3) is 59.0. The molecule has 0 aromatic carbocycles. The number of unbranched alkanes of at least 4 members (excludes halogenated alkanes) is 8. The highest BCUT2D eigenvalue weighted by molar-refractivity contribution is 5.70. The maximum absolute atomic E-state index is 12.2. The van der Waals surface area contributed by atoms with Crippen LogP contribution < -0.4 is 0 Å². The average molecular weight is 1280 g/mol. The molecule has 0 atom stereocenters. The maximum Gasteiger partial charge on any atom is 0.305 e. The summed E-state index contributed by atoms with van der Waals surface area (Å²) in [5, 5.41) is 27.5. The quantitative estimate of drug-likeness (QED) is 0.0136. The van der Waals surface area contributed by atoms with E-state index in [1.165, 1.54) is 0 Å². The number of carbonyl (C=O) groups is 4. The van der Waals surface area contributed by atoms with Crippen molar-refractivity contribution in [3.63, 3.8) is 0 Å². The third-order valence-electron chi connectivity index (χ3n) is 11.6. The van der Waals surface area contributed by atoms with E-state index in [9.17, 15) is 19.2 Å². The van der Waals surface area contributed by atoms with Crippen molar-refractivity contribution in [2.24, 2.45) is 51.7 Å². The average Bonchev–Trinajstić information content (AvgIpc) is 2.43. The van der Waals surface area contributed by atoms with Crippen molar-refractivity contribution in [1.82, 2.24) is 0 Å². The highest BCUT2D eigenvalue weighted by atomic mass is 16.6. The first-order valence-electron chi connectivity index (χ1n) is 29.4. The molecule has 0 spiro atoms. The van der Waals surface area contributed by atoms with Gasteiger partial charge in [-0.15, -0.1) is 0 Å². The van der Waals surface area contributed by atoms with Crippen LogP contribution in [0.25, 0.3) is 83.5 Å². The molecule has 0 unspecified atom stereocenters. The Bertz CT molecular complexity index is 1990. The van der Waals surface area contributed by atoms with E-state index >= 15 is 0 Å². The molecular formula is C50H88N24O16. The first-order chi connectivity index (χ1) is 44.1. The van der Waals surface area contributed by atoms with Crippen LogP contribution in [0.5, 0.6) is 0 Å². The predicted octanol–water partition coefficient (Wildman–Crippen LogP) is 11.0. The molecule has 90 heavy (non-hydrogen) atoms. The summed E-state index contributed by atoms with van der Waals surface area (Å²) >= 11 is 0. The van der Waals surface area contributed by atoms with Gasteiger partial charge in [0.05, 0.1) is 117 Å². The Balaban J connectivity index is 0. The summed E-state index contributed by atoms with van der Waals surface area (Å²) < 4.78 is 67.3. The minimum atomic E-state index is -0.961. The van der Waals surface area contributed by atoms with Gasteiger partial charge in [-0.3, -0.25) is 19.2 Å². The van der Waals surface area contributed by atoms with Crippen molar-refractivity contribution in [1.29, 1.82) is 0 Å². The molecule has 0 aromatic heterocycles. The van der Waals surface area contributed by atoms with Gasteiger partial charge in [0.25, 0.3) is 0 Å². The minimum absolute atomic E-state index is 0.0132. The molecule has 0 bridgehead atoms. The fourth-order valence-corrected chi connectivity index (χ4v) is 7.25. The van der Waals surface area contributed by atoms with E-state index in [0.29, 0.717) is 103 Å². The van der Waals surface area contributed by atoms with E-state index in [4.69, 9.17) is 101 Å². The van der Waals surface area contributed by atoms with Crippen LogP contribution >= 0.6 is 0 Å².